The Balaban J connectivity index is 2.10. The molecule has 1 aliphatic rings. The number of anilines is 1. The first-order valence-electron chi connectivity index (χ1n) is 5.05. The van der Waals surface area contributed by atoms with Crippen LogP contribution in [0, 0.1) is 0 Å². The number of halogens is 1. The van der Waals surface area contributed by atoms with Gasteiger partial charge in [-0.3, -0.25) is 4.57 Å². The zero-order valence-electron chi connectivity index (χ0n) is 8.69. The number of nitrogens with two attached hydrogens (primary N) is 1. The first-order valence-corrected chi connectivity index (χ1v) is 5.05. The normalized spacial score (nSPS) is 28.9. The average molecular weight is 239 g/mol. The van der Waals surface area contributed by atoms with Gasteiger partial charge in [0.25, 0.3) is 0 Å². The zero-order chi connectivity index (χ0) is 12.0. The molecule has 3 N–H and O–H groups in total. The standard InChI is InChI=1S/C9H10FN5O2/c10-4-1-17-9(6(4)16)15-3-14-5-7(11)12-2-13-8(5)15/h2-4,6,9,16H,1H2,(H2,11,12,13)/t4-,6+,9-/m1/s1. The fourth-order valence-corrected chi connectivity index (χ4v) is 1.87. The molecule has 1 saturated heterocycles. The Morgan fingerprint density at radius 1 is 1.47 bits per heavy atom. The molecule has 1 aliphatic heterocycles. The highest BCUT2D eigenvalue weighted by Gasteiger charge is 2.38. The minimum absolute atomic E-state index is 0.147. The van der Waals surface area contributed by atoms with E-state index in [2.05, 4.69) is 15.0 Å². The van der Waals surface area contributed by atoms with E-state index in [1.165, 1.54) is 17.2 Å². The number of fused-ring (bicyclic) bond motifs is 1. The van der Waals surface area contributed by atoms with Crippen LogP contribution in [0.25, 0.3) is 11.2 Å². The number of imidazole rings is 1. The predicted molar refractivity (Wildman–Crippen MR) is 55.6 cm³/mol. The first kappa shape index (κ1) is 10.4. The summed E-state index contributed by atoms with van der Waals surface area (Å²) in [7, 11) is 0. The van der Waals surface area contributed by atoms with E-state index in [0.717, 1.165) is 0 Å². The van der Waals surface area contributed by atoms with E-state index in [9.17, 15) is 9.50 Å². The fourth-order valence-electron chi connectivity index (χ4n) is 1.87. The second-order valence-electron chi connectivity index (χ2n) is 3.81. The van der Waals surface area contributed by atoms with Crippen molar-refractivity contribution in [1.29, 1.82) is 0 Å². The predicted octanol–water partition coefficient (Wildman–Crippen LogP) is -0.364. The summed E-state index contributed by atoms with van der Waals surface area (Å²) in [5.74, 6) is 0.234. The molecule has 17 heavy (non-hydrogen) atoms. The van der Waals surface area contributed by atoms with Crippen LogP contribution in [-0.2, 0) is 4.74 Å². The Labute approximate surface area is 95.1 Å². The van der Waals surface area contributed by atoms with Crippen LogP contribution in [0.3, 0.4) is 0 Å². The fraction of sp³-hybridized carbons (Fsp3) is 0.444. The maximum Gasteiger partial charge on any atom is 0.167 e. The van der Waals surface area contributed by atoms with Gasteiger partial charge >= 0.3 is 0 Å². The van der Waals surface area contributed by atoms with Gasteiger partial charge in [0, 0.05) is 0 Å². The molecule has 0 saturated carbocycles. The van der Waals surface area contributed by atoms with Crippen molar-refractivity contribution in [3.8, 4) is 0 Å². The van der Waals surface area contributed by atoms with Crippen LogP contribution >= 0.6 is 0 Å². The summed E-state index contributed by atoms with van der Waals surface area (Å²) in [5.41, 5.74) is 6.45. The van der Waals surface area contributed by atoms with Gasteiger partial charge in [-0.25, -0.2) is 19.3 Å². The van der Waals surface area contributed by atoms with Crippen molar-refractivity contribution in [3.63, 3.8) is 0 Å². The summed E-state index contributed by atoms with van der Waals surface area (Å²) in [4.78, 5) is 11.8. The second-order valence-corrected chi connectivity index (χ2v) is 3.81. The van der Waals surface area contributed by atoms with Crippen molar-refractivity contribution in [2.45, 2.75) is 18.5 Å². The lowest BCUT2D eigenvalue weighted by Crippen LogP contribution is -2.25. The molecule has 1 fully saturated rings. The van der Waals surface area contributed by atoms with Crippen LogP contribution < -0.4 is 5.73 Å². The van der Waals surface area contributed by atoms with Crippen molar-refractivity contribution in [2.24, 2.45) is 0 Å². The number of aliphatic hydroxyl groups excluding tert-OH is 1. The number of nitrogens with zero attached hydrogens (tertiary/aromatic N) is 4. The zero-order valence-corrected chi connectivity index (χ0v) is 8.69. The maximum absolute atomic E-state index is 13.2. The largest absolute Gasteiger partial charge is 0.385 e. The van der Waals surface area contributed by atoms with Crippen molar-refractivity contribution >= 4 is 17.0 Å². The van der Waals surface area contributed by atoms with Gasteiger partial charge in [0.15, 0.2) is 23.9 Å². The molecule has 7 nitrogen and oxygen atoms in total. The van der Waals surface area contributed by atoms with E-state index in [1.54, 1.807) is 0 Å². The topological polar surface area (TPSA) is 99.1 Å². The molecule has 0 aromatic carbocycles. The van der Waals surface area contributed by atoms with Crippen LogP contribution in [0.15, 0.2) is 12.7 Å². The Morgan fingerprint density at radius 2 is 2.29 bits per heavy atom. The molecule has 0 bridgehead atoms. The molecule has 8 heteroatoms. The van der Waals surface area contributed by atoms with E-state index in [4.69, 9.17) is 10.5 Å². The minimum atomic E-state index is -1.41. The van der Waals surface area contributed by atoms with Crippen LogP contribution in [-0.4, -0.2) is 43.5 Å². The molecule has 0 spiro atoms. The number of hydrogen-bond donors (Lipinski definition) is 2. The van der Waals surface area contributed by atoms with Crippen molar-refractivity contribution in [1.82, 2.24) is 19.5 Å². The monoisotopic (exact) mass is 239 g/mol. The molecular formula is C9H10FN5O2. The Bertz CT molecular complexity index is 559. The Kier molecular flexibility index (Phi) is 2.20. The van der Waals surface area contributed by atoms with E-state index >= 15 is 0 Å². The lowest BCUT2D eigenvalue weighted by molar-refractivity contribution is -0.0103. The van der Waals surface area contributed by atoms with E-state index in [-0.39, 0.29) is 12.4 Å². The van der Waals surface area contributed by atoms with Gasteiger partial charge in [0.05, 0.1) is 12.9 Å². The molecule has 2 aromatic heterocycles. The summed E-state index contributed by atoms with van der Waals surface area (Å²) in [6, 6.07) is 0. The van der Waals surface area contributed by atoms with Gasteiger partial charge in [-0.2, -0.15) is 0 Å². The summed E-state index contributed by atoms with van der Waals surface area (Å²) < 4.78 is 19.8. The quantitative estimate of drug-likeness (QED) is 0.704. The molecule has 0 unspecified atom stereocenters. The first-order chi connectivity index (χ1) is 8.18. The molecule has 0 aliphatic carbocycles. The highest BCUT2D eigenvalue weighted by Crippen LogP contribution is 2.29. The molecule has 90 valence electrons. The van der Waals surface area contributed by atoms with Gasteiger partial charge in [-0.05, 0) is 0 Å². The van der Waals surface area contributed by atoms with E-state index in [1.807, 2.05) is 0 Å². The van der Waals surface area contributed by atoms with Crippen molar-refractivity contribution in [2.75, 3.05) is 12.3 Å². The van der Waals surface area contributed by atoms with Gasteiger partial charge in [0.2, 0.25) is 0 Å². The molecule has 3 atom stereocenters. The van der Waals surface area contributed by atoms with Gasteiger partial charge in [-0.1, -0.05) is 0 Å². The number of ether oxygens (including phenoxy) is 1. The number of hydrogen-bond acceptors (Lipinski definition) is 6. The van der Waals surface area contributed by atoms with Crippen LogP contribution in [0.5, 0.6) is 0 Å². The molecular weight excluding hydrogens is 229 g/mol. The SMILES string of the molecule is Nc1ncnc2c1ncn2[C@@H]1OC[C@@H](F)[C@@H]1O. The number of alkyl halides is 1. The molecule has 0 radical (unpaired) electrons. The Hall–Kier alpha value is -1.80. The minimum Gasteiger partial charge on any atom is -0.385 e. The molecule has 0 amide bonds. The van der Waals surface area contributed by atoms with Gasteiger partial charge in [0.1, 0.15) is 17.9 Å². The summed E-state index contributed by atoms with van der Waals surface area (Å²) in [6.07, 6.45) is -0.782. The van der Waals surface area contributed by atoms with Crippen LogP contribution in [0.2, 0.25) is 0 Å². The van der Waals surface area contributed by atoms with E-state index < -0.39 is 18.5 Å². The number of nitrogen functional groups attached to an aromatic ring is 1. The van der Waals surface area contributed by atoms with Crippen LogP contribution in [0.4, 0.5) is 10.2 Å². The summed E-state index contributed by atoms with van der Waals surface area (Å²) >= 11 is 0. The van der Waals surface area contributed by atoms with Gasteiger partial charge in [-0.15, -0.1) is 0 Å². The average Bonchev–Trinajstić information content (AvgIpc) is 2.86. The lowest BCUT2D eigenvalue weighted by Gasteiger charge is -2.15. The highest BCUT2D eigenvalue weighted by molar-refractivity contribution is 5.81. The second kappa shape index (κ2) is 3.60. The smallest absolute Gasteiger partial charge is 0.167 e. The third-order valence-corrected chi connectivity index (χ3v) is 2.75. The third kappa shape index (κ3) is 1.45. The lowest BCUT2D eigenvalue weighted by atomic mass is 10.2. The number of aliphatic hydroxyl groups is 1. The van der Waals surface area contributed by atoms with Crippen LogP contribution in [0.1, 0.15) is 6.23 Å². The molecule has 3 heterocycles. The van der Waals surface area contributed by atoms with E-state index in [0.29, 0.717) is 11.2 Å². The van der Waals surface area contributed by atoms with Gasteiger partial charge < -0.3 is 15.6 Å². The van der Waals surface area contributed by atoms with Crippen molar-refractivity contribution < 1.29 is 14.2 Å². The number of rotatable bonds is 1. The maximum atomic E-state index is 13.2. The van der Waals surface area contributed by atoms with Crippen molar-refractivity contribution in [3.05, 3.63) is 12.7 Å². The summed E-state index contributed by atoms with van der Waals surface area (Å²) in [5, 5.41) is 9.63. The molecule has 2 aromatic rings. The third-order valence-electron chi connectivity index (χ3n) is 2.75. The summed E-state index contributed by atoms with van der Waals surface area (Å²) in [6.45, 7) is -0.147. The molecule has 3 rings (SSSR count). The highest BCUT2D eigenvalue weighted by atomic mass is 19.1. The Morgan fingerprint density at radius 3 is 3.00 bits per heavy atom. The number of aromatic nitrogens is 4.